The van der Waals surface area contributed by atoms with Crippen LogP contribution in [0, 0.1) is 0 Å². The van der Waals surface area contributed by atoms with Crippen LogP contribution >= 0.6 is 12.6 Å². The van der Waals surface area contributed by atoms with E-state index >= 15 is 0 Å². The third kappa shape index (κ3) is 3.12. The summed E-state index contributed by atoms with van der Waals surface area (Å²) in [7, 11) is 0. The van der Waals surface area contributed by atoms with Crippen molar-refractivity contribution in [1.82, 2.24) is 5.32 Å². The van der Waals surface area contributed by atoms with Crippen LogP contribution in [0.25, 0.3) is 0 Å². The Balaban J connectivity index is 2.36. The van der Waals surface area contributed by atoms with Crippen LogP contribution in [0.15, 0.2) is 22.8 Å². The molecule has 0 amide bonds. The summed E-state index contributed by atoms with van der Waals surface area (Å²) >= 11 is 3.91. The third-order valence-electron chi connectivity index (χ3n) is 1.58. The van der Waals surface area contributed by atoms with Gasteiger partial charge in [0.2, 0.25) is 0 Å². The molecule has 0 aliphatic rings. The van der Waals surface area contributed by atoms with Gasteiger partial charge in [-0.2, -0.15) is 12.6 Å². The number of carbonyl (C=O) groups is 1. The summed E-state index contributed by atoms with van der Waals surface area (Å²) in [5, 5.41) is 11.5. The lowest BCUT2D eigenvalue weighted by atomic mass is 10.3. The van der Waals surface area contributed by atoms with Crippen LogP contribution in [0.4, 0.5) is 0 Å². The number of rotatable bonds is 5. The molecule has 0 aromatic carbocycles. The van der Waals surface area contributed by atoms with Gasteiger partial charge in [-0.25, -0.2) is 0 Å². The maximum atomic E-state index is 10.5. The molecular formula is C8H11NO3S. The highest BCUT2D eigenvalue weighted by Gasteiger charge is 2.14. The summed E-state index contributed by atoms with van der Waals surface area (Å²) in [4.78, 5) is 10.5. The van der Waals surface area contributed by atoms with Crippen LogP contribution < -0.4 is 5.32 Å². The minimum atomic E-state index is -0.901. The Labute approximate surface area is 81.3 Å². The molecule has 4 nitrogen and oxygen atoms in total. The van der Waals surface area contributed by atoms with Crippen molar-refractivity contribution in [1.29, 1.82) is 0 Å². The highest BCUT2D eigenvalue weighted by atomic mass is 32.1. The summed E-state index contributed by atoms with van der Waals surface area (Å²) in [6.07, 6.45) is 1.55. The minimum absolute atomic E-state index is 0.260. The van der Waals surface area contributed by atoms with E-state index in [1.807, 2.05) is 0 Å². The Bertz CT molecular complexity index is 260. The van der Waals surface area contributed by atoms with Crippen LogP contribution in [0.5, 0.6) is 0 Å². The van der Waals surface area contributed by atoms with E-state index in [9.17, 15) is 4.79 Å². The minimum Gasteiger partial charge on any atom is -0.480 e. The third-order valence-corrected chi connectivity index (χ3v) is 1.95. The zero-order chi connectivity index (χ0) is 9.68. The number of nitrogens with one attached hydrogen (secondary N) is 1. The molecule has 0 spiro atoms. The molecule has 1 heterocycles. The van der Waals surface area contributed by atoms with Gasteiger partial charge in [-0.15, -0.1) is 0 Å². The lowest BCUT2D eigenvalue weighted by molar-refractivity contribution is -0.138. The van der Waals surface area contributed by atoms with E-state index in [0.717, 1.165) is 0 Å². The van der Waals surface area contributed by atoms with Crippen molar-refractivity contribution in [2.75, 3.05) is 5.75 Å². The molecule has 72 valence electrons. The maximum absolute atomic E-state index is 10.5. The molecule has 0 bridgehead atoms. The number of aliphatic carboxylic acids is 1. The average Bonchev–Trinajstić information content (AvgIpc) is 2.57. The Morgan fingerprint density at radius 3 is 3.00 bits per heavy atom. The quantitative estimate of drug-likeness (QED) is 0.615. The molecule has 0 aliphatic heterocycles. The zero-order valence-corrected chi connectivity index (χ0v) is 7.83. The summed E-state index contributed by atoms with van der Waals surface area (Å²) in [6.45, 7) is 0.407. The molecule has 1 aromatic heterocycles. The molecule has 0 saturated carbocycles. The summed E-state index contributed by atoms with van der Waals surface area (Å²) in [5.74, 6) is 0.0744. The van der Waals surface area contributed by atoms with Gasteiger partial charge in [-0.1, -0.05) is 0 Å². The van der Waals surface area contributed by atoms with E-state index in [2.05, 4.69) is 17.9 Å². The van der Waals surface area contributed by atoms with Gasteiger partial charge < -0.3 is 9.52 Å². The topological polar surface area (TPSA) is 62.5 Å². The SMILES string of the molecule is O=C(O)C(CS)NCc1ccco1. The monoisotopic (exact) mass is 201 g/mol. The summed E-state index contributed by atoms with van der Waals surface area (Å²) in [5.41, 5.74) is 0. The van der Waals surface area contributed by atoms with Crippen LogP contribution in [-0.2, 0) is 11.3 Å². The molecule has 13 heavy (non-hydrogen) atoms. The molecule has 0 fully saturated rings. The standard InChI is InChI=1S/C8H11NO3S/c10-8(11)7(5-13)9-4-6-2-1-3-12-6/h1-3,7,9,13H,4-5H2,(H,10,11). The second-order valence-electron chi connectivity index (χ2n) is 2.53. The van der Waals surface area contributed by atoms with Crippen molar-refractivity contribution < 1.29 is 14.3 Å². The number of furan rings is 1. The normalized spacial score (nSPS) is 12.7. The van der Waals surface area contributed by atoms with E-state index in [-0.39, 0.29) is 5.75 Å². The highest BCUT2D eigenvalue weighted by Crippen LogP contribution is 2.00. The Morgan fingerprint density at radius 2 is 2.54 bits per heavy atom. The first-order chi connectivity index (χ1) is 6.24. The van der Waals surface area contributed by atoms with Gasteiger partial charge >= 0.3 is 5.97 Å². The van der Waals surface area contributed by atoms with Gasteiger partial charge in [-0.3, -0.25) is 10.1 Å². The lowest BCUT2D eigenvalue weighted by Gasteiger charge is -2.09. The van der Waals surface area contributed by atoms with Gasteiger partial charge in [0, 0.05) is 5.75 Å². The Hall–Kier alpha value is -0.940. The maximum Gasteiger partial charge on any atom is 0.321 e. The van der Waals surface area contributed by atoms with Crippen LogP contribution in [-0.4, -0.2) is 22.9 Å². The molecule has 5 heteroatoms. The first-order valence-electron chi connectivity index (χ1n) is 3.83. The van der Waals surface area contributed by atoms with Crippen molar-refractivity contribution in [2.45, 2.75) is 12.6 Å². The van der Waals surface area contributed by atoms with Crippen molar-refractivity contribution >= 4 is 18.6 Å². The van der Waals surface area contributed by atoms with Gasteiger partial charge in [-0.05, 0) is 12.1 Å². The van der Waals surface area contributed by atoms with Crippen molar-refractivity contribution in [3.05, 3.63) is 24.2 Å². The smallest absolute Gasteiger partial charge is 0.321 e. The van der Waals surface area contributed by atoms with E-state index in [0.29, 0.717) is 12.3 Å². The van der Waals surface area contributed by atoms with Crippen LogP contribution in [0.3, 0.4) is 0 Å². The van der Waals surface area contributed by atoms with E-state index in [1.54, 1.807) is 18.4 Å². The van der Waals surface area contributed by atoms with Gasteiger partial charge in [0.1, 0.15) is 11.8 Å². The second-order valence-corrected chi connectivity index (χ2v) is 2.90. The van der Waals surface area contributed by atoms with Crippen molar-refractivity contribution in [3.8, 4) is 0 Å². The van der Waals surface area contributed by atoms with Crippen LogP contribution in [0.2, 0.25) is 0 Å². The molecule has 1 unspecified atom stereocenters. The molecule has 0 radical (unpaired) electrons. The highest BCUT2D eigenvalue weighted by molar-refractivity contribution is 7.80. The molecule has 1 rings (SSSR count). The van der Waals surface area contributed by atoms with Gasteiger partial charge in [0.25, 0.3) is 0 Å². The van der Waals surface area contributed by atoms with E-state index < -0.39 is 12.0 Å². The predicted molar refractivity (Wildman–Crippen MR) is 50.8 cm³/mol. The lowest BCUT2D eigenvalue weighted by Crippen LogP contribution is -2.37. The molecule has 1 aromatic rings. The number of hydrogen-bond donors (Lipinski definition) is 3. The van der Waals surface area contributed by atoms with Crippen molar-refractivity contribution in [3.63, 3.8) is 0 Å². The first-order valence-corrected chi connectivity index (χ1v) is 4.46. The Kier molecular flexibility index (Phi) is 3.85. The summed E-state index contributed by atoms with van der Waals surface area (Å²) < 4.78 is 5.03. The fourth-order valence-corrected chi connectivity index (χ4v) is 1.15. The second kappa shape index (κ2) is 4.94. The molecule has 0 aliphatic carbocycles. The Morgan fingerprint density at radius 1 is 1.77 bits per heavy atom. The van der Waals surface area contributed by atoms with E-state index in [4.69, 9.17) is 9.52 Å². The van der Waals surface area contributed by atoms with Gasteiger partial charge in [0.15, 0.2) is 0 Å². The van der Waals surface area contributed by atoms with Crippen LogP contribution in [0.1, 0.15) is 5.76 Å². The average molecular weight is 201 g/mol. The number of thiol groups is 1. The number of hydrogen-bond acceptors (Lipinski definition) is 4. The molecule has 2 N–H and O–H groups in total. The van der Waals surface area contributed by atoms with E-state index in [1.165, 1.54) is 0 Å². The molecular weight excluding hydrogens is 190 g/mol. The fourth-order valence-electron chi connectivity index (χ4n) is 0.867. The van der Waals surface area contributed by atoms with Gasteiger partial charge in [0.05, 0.1) is 12.8 Å². The predicted octanol–water partition coefficient (Wildman–Crippen LogP) is 0.752. The molecule has 1 atom stereocenters. The zero-order valence-electron chi connectivity index (χ0n) is 6.93. The summed E-state index contributed by atoms with van der Waals surface area (Å²) in [6, 6.07) is 2.91. The van der Waals surface area contributed by atoms with Crippen molar-refractivity contribution in [2.24, 2.45) is 0 Å². The fraction of sp³-hybridized carbons (Fsp3) is 0.375. The first kappa shape index (κ1) is 10.1. The number of carboxylic acid groups (broad SMARTS) is 1. The number of carboxylic acids is 1. The largest absolute Gasteiger partial charge is 0.480 e. The molecule has 0 saturated heterocycles.